The number of rotatable bonds is 6. The van der Waals surface area contributed by atoms with Crippen LogP contribution in [0, 0.1) is 0 Å². The molecule has 2 heterocycles. The lowest BCUT2D eigenvalue weighted by Gasteiger charge is -2.17. The lowest BCUT2D eigenvalue weighted by atomic mass is 10.1. The second kappa shape index (κ2) is 19.9. The fraction of sp³-hybridized carbons (Fsp3) is 0.533. The molecule has 0 bridgehead atoms. The van der Waals surface area contributed by atoms with Crippen molar-refractivity contribution < 1.29 is 38.0 Å². The van der Waals surface area contributed by atoms with Crippen LogP contribution in [0.3, 0.4) is 0 Å². The molecule has 0 aliphatic carbocycles. The molecule has 2 saturated heterocycles. The number of hydrogen-bond donors (Lipinski definition) is 0. The molecule has 4 atom stereocenters. The van der Waals surface area contributed by atoms with Crippen LogP contribution in [0.4, 0.5) is 0 Å². The van der Waals surface area contributed by atoms with E-state index >= 15 is 0 Å². The van der Waals surface area contributed by atoms with E-state index in [0.717, 1.165) is 0 Å². The maximum absolute atomic E-state index is 12.4. The Kier molecular flexibility index (Phi) is 18.3. The second-order valence-corrected chi connectivity index (χ2v) is 6.94. The monoisotopic (exact) mass is 534 g/mol. The van der Waals surface area contributed by atoms with E-state index in [-0.39, 0.29) is 13.2 Å². The van der Waals surface area contributed by atoms with Gasteiger partial charge in [0.1, 0.15) is 23.7 Å². The average molecular weight is 535 g/mol. The van der Waals surface area contributed by atoms with Crippen LogP contribution in [0.1, 0.15) is 76.1 Å². The molecular weight excluding hydrogens is 488 g/mol. The van der Waals surface area contributed by atoms with Gasteiger partial charge in [0.05, 0.1) is 38.6 Å². The SMILES string of the molecule is CC.CC.CC.CC.COc1ccc(C(=O)OC2COC3C(OC(=O)c4ccc(OC)cc4)COC23)cc1. The number of carbonyl (C=O) groups excluding carboxylic acids is 2. The first-order valence-corrected chi connectivity index (χ1v) is 13.5. The van der Waals surface area contributed by atoms with Crippen LogP contribution in [0.2, 0.25) is 0 Å². The highest BCUT2D eigenvalue weighted by Gasteiger charge is 2.51. The van der Waals surface area contributed by atoms with Gasteiger partial charge in [-0.25, -0.2) is 9.59 Å². The van der Waals surface area contributed by atoms with Crippen molar-refractivity contribution in [3.05, 3.63) is 59.7 Å². The van der Waals surface area contributed by atoms with E-state index in [9.17, 15) is 9.59 Å². The first kappa shape index (κ1) is 34.9. The van der Waals surface area contributed by atoms with E-state index in [0.29, 0.717) is 22.6 Å². The summed E-state index contributed by atoms with van der Waals surface area (Å²) in [6.07, 6.45) is -2.12. The Hall–Kier alpha value is -3.10. The molecule has 0 amide bonds. The van der Waals surface area contributed by atoms with Gasteiger partial charge in [0.15, 0.2) is 12.2 Å². The van der Waals surface area contributed by atoms with Crippen molar-refractivity contribution in [2.75, 3.05) is 27.4 Å². The van der Waals surface area contributed by atoms with Gasteiger partial charge in [-0.15, -0.1) is 0 Å². The summed E-state index contributed by atoms with van der Waals surface area (Å²) in [4.78, 5) is 24.8. The molecule has 8 heteroatoms. The normalized spacial score (nSPS) is 20.2. The highest BCUT2D eigenvalue weighted by molar-refractivity contribution is 5.90. The Morgan fingerprint density at radius 1 is 0.579 bits per heavy atom. The van der Waals surface area contributed by atoms with Crippen molar-refractivity contribution in [1.82, 2.24) is 0 Å². The highest BCUT2D eigenvalue weighted by Crippen LogP contribution is 2.31. The summed E-state index contributed by atoms with van der Waals surface area (Å²) in [6.45, 7) is 16.3. The fourth-order valence-corrected chi connectivity index (χ4v) is 3.50. The van der Waals surface area contributed by atoms with Gasteiger partial charge in [0, 0.05) is 0 Å². The zero-order valence-electron chi connectivity index (χ0n) is 24.6. The Bertz CT molecular complexity index is 820. The van der Waals surface area contributed by atoms with Gasteiger partial charge in [-0.3, -0.25) is 0 Å². The van der Waals surface area contributed by atoms with Crippen molar-refractivity contribution >= 4 is 11.9 Å². The fourth-order valence-electron chi connectivity index (χ4n) is 3.50. The summed E-state index contributed by atoms with van der Waals surface area (Å²) in [6, 6.07) is 13.3. The maximum Gasteiger partial charge on any atom is 0.338 e. The number of methoxy groups -OCH3 is 2. The molecule has 0 spiro atoms. The minimum Gasteiger partial charge on any atom is -0.497 e. The van der Waals surface area contributed by atoms with Crippen LogP contribution in [-0.4, -0.2) is 63.8 Å². The number of hydrogen-bond acceptors (Lipinski definition) is 8. The third kappa shape index (κ3) is 9.65. The van der Waals surface area contributed by atoms with E-state index in [1.807, 2.05) is 55.4 Å². The van der Waals surface area contributed by atoms with E-state index in [2.05, 4.69) is 0 Å². The molecule has 0 N–H and O–H groups in total. The molecule has 0 aromatic heterocycles. The van der Waals surface area contributed by atoms with Crippen molar-refractivity contribution in [3.63, 3.8) is 0 Å². The number of ether oxygens (including phenoxy) is 6. The summed E-state index contributed by atoms with van der Waals surface area (Å²) in [5.74, 6) is 0.344. The molecule has 4 unspecified atom stereocenters. The number of fused-ring (bicyclic) bond motifs is 1. The highest BCUT2D eigenvalue weighted by atomic mass is 16.7. The van der Waals surface area contributed by atoms with Crippen molar-refractivity contribution in [3.8, 4) is 11.5 Å². The van der Waals surface area contributed by atoms with Gasteiger partial charge in [-0.2, -0.15) is 0 Å². The van der Waals surface area contributed by atoms with E-state index in [4.69, 9.17) is 28.4 Å². The Morgan fingerprint density at radius 3 is 1.13 bits per heavy atom. The smallest absolute Gasteiger partial charge is 0.338 e. The summed E-state index contributed by atoms with van der Waals surface area (Å²) in [5, 5.41) is 0. The standard InChI is InChI=1S/C22H22O8.4C2H6/c1-25-15-7-3-13(4-8-15)21(23)29-17-11-27-20-18(12-28-19(17)20)30-22(24)14-5-9-16(26-2)10-6-14;4*1-2/h3-10,17-20H,11-12H2,1-2H3;4*1-2H3. The summed E-state index contributed by atoms with van der Waals surface area (Å²) in [7, 11) is 3.11. The number of benzene rings is 2. The molecule has 2 aliphatic heterocycles. The lowest BCUT2D eigenvalue weighted by Crippen LogP contribution is -2.36. The van der Waals surface area contributed by atoms with E-state index in [1.165, 1.54) is 0 Å². The average Bonchev–Trinajstić information content (AvgIpc) is 3.60. The number of esters is 2. The predicted molar refractivity (Wildman–Crippen MR) is 149 cm³/mol. The quantitative estimate of drug-likeness (QED) is 0.396. The molecule has 8 nitrogen and oxygen atoms in total. The molecule has 4 rings (SSSR count). The minimum absolute atomic E-state index is 0.174. The molecule has 2 aromatic carbocycles. The van der Waals surface area contributed by atoms with Crippen LogP contribution in [0.25, 0.3) is 0 Å². The zero-order chi connectivity index (χ0) is 29.1. The zero-order valence-corrected chi connectivity index (χ0v) is 24.6. The largest absolute Gasteiger partial charge is 0.497 e. The Labute approximate surface area is 228 Å². The van der Waals surface area contributed by atoms with Crippen molar-refractivity contribution in [2.45, 2.75) is 79.8 Å². The van der Waals surface area contributed by atoms with Gasteiger partial charge >= 0.3 is 11.9 Å². The summed E-state index contributed by atoms with van der Waals surface area (Å²) >= 11 is 0. The maximum atomic E-state index is 12.4. The van der Waals surface area contributed by atoms with E-state index < -0.39 is 36.4 Å². The van der Waals surface area contributed by atoms with Crippen LogP contribution in [0.5, 0.6) is 11.5 Å². The van der Waals surface area contributed by atoms with Crippen LogP contribution in [-0.2, 0) is 18.9 Å². The topological polar surface area (TPSA) is 89.5 Å². The van der Waals surface area contributed by atoms with E-state index in [1.54, 1.807) is 62.8 Å². The Morgan fingerprint density at radius 2 is 0.868 bits per heavy atom. The third-order valence-electron chi connectivity index (χ3n) is 5.13. The molecule has 38 heavy (non-hydrogen) atoms. The summed E-state index contributed by atoms with van der Waals surface area (Å²) < 4.78 is 32.8. The molecule has 214 valence electrons. The lowest BCUT2D eigenvalue weighted by molar-refractivity contribution is -0.0287. The molecule has 2 fully saturated rings. The number of carbonyl (C=O) groups is 2. The van der Waals surface area contributed by atoms with Crippen LogP contribution < -0.4 is 9.47 Å². The molecule has 2 aliphatic rings. The molecule has 0 saturated carbocycles. The first-order valence-electron chi connectivity index (χ1n) is 13.5. The molecular formula is C30H46O8. The van der Waals surface area contributed by atoms with Gasteiger partial charge < -0.3 is 28.4 Å². The van der Waals surface area contributed by atoms with Gasteiger partial charge in [-0.1, -0.05) is 55.4 Å². The molecule has 2 aromatic rings. The van der Waals surface area contributed by atoms with Gasteiger partial charge in [-0.05, 0) is 48.5 Å². The van der Waals surface area contributed by atoms with Crippen molar-refractivity contribution in [2.24, 2.45) is 0 Å². The minimum atomic E-state index is -0.575. The van der Waals surface area contributed by atoms with Gasteiger partial charge in [0.2, 0.25) is 0 Å². The third-order valence-corrected chi connectivity index (χ3v) is 5.13. The van der Waals surface area contributed by atoms with Crippen LogP contribution in [0.15, 0.2) is 48.5 Å². The second-order valence-electron chi connectivity index (χ2n) is 6.94. The van der Waals surface area contributed by atoms with Gasteiger partial charge in [0.25, 0.3) is 0 Å². The van der Waals surface area contributed by atoms with Crippen molar-refractivity contribution in [1.29, 1.82) is 0 Å². The molecule has 0 radical (unpaired) electrons. The predicted octanol–water partition coefficient (Wildman–Crippen LogP) is 6.36. The first-order chi connectivity index (χ1) is 18.6. The Balaban J connectivity index is 0.00000157. The summed E-state index contributed by atoms with van der Waals surface area (Å²) in [5.41, 5.74) is 0.805. The van der Waals surface area contributed by atoms with Crippen LogP contribution >= 0.6 is 0 Å².